The number of piperidine rings is 2. The lowest BCUT2D eigenvalue weighted by Crippen LogP contribution is -2.52. The van der Waals surface area contributed by atoms with Crippen LogP contribution in [0.1, 0.15) is 24.8 Å². The van der Waals surface area contributed by atoms with Crippen molar-refractivity contribution in [3.63, 3.8) is 0 Å². The second kappa shape index (κ2) is 5.94. The molecular weight excluding hydrogens is 300 g/mol. The molecule has 2 unspecified atom stereocenters. The molecule has 0 aliphatic carbocycles. The van der Waals surface area contributed by atoms with Gasteiger partial charge in [0.15, 0.2) is 0 Å². The van der Waals surface area contributed by atoms with E-state index >= 15 is 0 Å². The minimum Gasteiger partial charge on any atom is -0.303 e. The number of likely N-dealkylation sites (tertiary alicyclic amines) is 2. The van der Waals surface area contributed by atoms with Crippen molar-refractivity contribution in [3.8, 4) is 0 Å². The molecular formula is C16H23BrN2. The highest BCUT2D eigenvalue weighted by atomic mass is 79.9. The number of hydrogen-bond donors (Lipinski definition) is 0. The zero-order valence-electron chi connectivity index (χ0n) is 11.7. The molecule has 0 spiro atoms. The molecule has 2 aliphatic heterocycles. The van der Waals surface area contributed by atoms with Crippen molar-refractivity contribution in [1.29, 1.82) is 0 Å². The lowest BCUT2D eigenvalue weighted by atomic mass is 9.84. The summed E-state index contributed by atoms with van der Waals surface area (Å²) in [5.41, 5.74) is 1.42. The first-order valence-electron chi connectivity index (χ1n) is 7.40. The monoisotopic (exact) mass is 322 g/mol. The van der Waals surface area contributed by atoms with E-state index in [0.29, 0.717) is 0 Å². The molecule has 2 saturated heterocycles. The zero-order chi connectivity index (χ0) is 13.2. The molecule has 2 aliphatic rings. The Balaban J connectivity index is 1.64. The summed E-state index contributed by atoms with van der Waals surface area (Å²) in [4.78, 5) is 5.23. The van der Waals surface area contributed by atoms with Crippen LogP contribution < -0.4 is 0 Å². The van der Waals surface area contributed by atoms with Gasteiger partial charge in [-0.25, -0.2) is 0 Å². The Bertz CT molecular complexity index is 435. The minimum absolute atomic E-state index is 0.837. The topological polar surface area (TPSA) is 6.48 Å². The molecule has 2 atom stereocenters. The summed E-state index contributed by atoms with van der Waals surface area (Å²) < 4.78 is 1.25. The van der Waals surface area contributed by atoms with Gasteiger partial charge in [0, 0.05) is 23.6 Å². The first-order chi connectivity index (χ1) is 9.24. The molecule has 19 heavy (non-hydrogen) atoms. The van der Waals surface area contributed by atoms with E-state index in [1.807, 2.05) is 0 Å². The molecule has 104 valence electrons. The molecule has 0 aromatic heterocycles. The van der Waals surface area contributed by atoms with Crippen molar-refractivity contribution in [2.75, 3.05) is 26.7 Å². The Morgan fingerprint density at radius 2 is 2.05 bits per heavy atom. The number of benzene rings is 1. The fraction of sp³-hybridized carbons (Fsp3) is 0.625. The number of fused-ring (bicyclic) bond motifs is 1. The van der Waals surface area contributed by atoms with Crippen molar-refractivity contribution in [1.82, 2.24) is 9.80 Å². The largest absolute Gasteiger partial charge is 0.303 e. The molecule has 2 fully saturated rings. The highest BCUT2D eigenvalue weighted by Gasteiger charge is 2.34. The molecule has 1 aromatic carbocycles. The smallest absolute Gasteiger partial charge is 0.0245 e. The van der Waals surface area contributed by atoms with Crippen molar-refractivity contribution in [2.24, 2.45) is 5.92 Å². The third-order valence-corrected chi connectivity index (χ3v) is 5.56. The van der Waals surface area contributed by atoms with Gasteiger partial charge in [-0.3, -0.25) is 4.90 Å². The third kappa shape index (κ3) is 3.04. The molecule has 0 radical (unpaired) electrons. The van der Waals surface area contributed by atoms with Gasteiger partial charge in [0.1, 0.15) is 0 Å². The average molecular weight is 323 g/mol. The molecule has 0 N–H and O–H groups in total. The van der Waals surface area contributed by atoms with Crippen LogP contribution in [-0.2, 0) is 6.54 Å². The maximum atomic E-state index is 3.67. The number of hydrogen-bond acceptors (Lipinski definition) is 2. The van der Waals surface area contributed by atoms with Crippen LogP contribution in [0.4, 0.5) is 0 Å². The van der Waals surface area contributed by atoms with Crippen LogP contribution in [0.2, 0.25) is 0 Å². The maximum Gasteiger partial charge on any atom is 0.0245 e. The van der Waals surface area contributed by atoms with Crippen LogP contribution in [0.15, 0.2) is 28.7 Å². The van der Waals surface area contributed by atoms with Gasteiger partial charge in [-0.2, -0.15) is 0 Å². The van der Waals surface area contributed by atoms with E-state index in [-0.39, 0.29) is 0 Å². The standard InChI is InChI=1S/C16H23BrN2/c1-18-9-4-6-14-12-19(10-8-16(14)18)11-13-5-2-3-7-15(13)17/h2-3,5,7,14,16H,4,6,8-12H2,1H3. The zero-order valence-corrected chi connectivity index (χ0v) is 13.3. The molecule has 1 aromatic rings. The molecule has 2 heterocycles. The summed E-state index contributed by atoms with van der Waals surface area (Å²) in [7, 11) is 2.31. The fourth-order valence-electron chi connectivity index (χ4n) is 3.74. The van der Waals surface area contributed by atoms with E-state index < -0.39 is 0 Å². The summed E-state index contributed by atoms with van der Waals surface area (Å²) in [5, 5.41) is 0. The predicted octanol–water partition coefficient (Wildman–Crippen LogP) is 3.37. The van der Waals surface area contributed by atoms with Crippen LogP contribution in [0.25, 0.3) is 0 Å². The second-order valence-corrected chi connectivity index (χ2v) is 6.92. The van der Waals surface area contributed by atoms with E-state index in [9.17, 15) is 0 Å². The summed E-state index contributed by atoms with van der Waals surface area (Å²) in [6.07, 6.45) is 4.13. The van der Waals surface area contributed by atoms with Gasteiger partial charge in [-0.15, -0.1) is 0 Å². The quantitative estimate of drug-likeness (QED) is 0.823. The van der Waals surface area contributed by atoms with Crippen LogP contribution in [0.5, 0.6) is 0 Å². The fourth-order valence-corrected chi connectivity index (χ4v) is 4.15. The molecule has 0 bridgehead atoms. The third-order valence-electron chi connectivity index (χ3n) is 4.78. The SMILES string of the molecule is CN1CCCC2CN(Cc3ccccc3Br)CCC21. The predicted molar refractivity (Wildman–Crippen MR) is 83.2 cm³/mol. The normalized spacial score (nSPS) is 29.2. The van der Waals surface area contributed by atoms with Crippen molar-refractivity contribution < 1.29 is 0 Å². The lowest BCUT2D eigenvalue weighted by Gasteiger charge is -2.46. The second-order valence-electron chi connectivity index (χ2n) is 6.07. The van der Waals surface area contributed by atoms with Gasteiger partial charge in [-0.1, -0.05) is 34.1 Å². The lowest BCUT2D eigenvalue weighted by molar-refractivity contribution is 0.0354. The average Bonchev–Trinajstić information content (AvgIpc) is 2.42. The molecule has 3 heteroatoms. The summed E-state index contributed by atoms with van der Waals surface area (Å²) >= 11 is 3.67. The van der Waals surface area contributed by atoms with Crippen molar-refractivity contribution >= 4 is 15.9 Å². The Hall–Kier alpha value is -0.380. The number of nitrogens with zero attached hydrogens (tertiary/aromatic N) is 2. The Morgan fingerprint density at radius 3 is 2.89 bits per heavy atom. The van der Waals surface area contributed by atoms with Crippen LogP contribution in [0.3, 0.4) is 0 Å². The number of rotatable bonds is 2. The highest BCUT2D eigenvalue weighted by molar-refractivity contribution is 9.10. The van der Waals surface area contributed by atoms with Crippen LogP contribution in [0, 0.1) is 5.92 Å². The first-order valence-corrected chi connectivity index (χ1v) is 8.19. The van der Waals surface area contributed by atoms with Crippen molar-refractivity contribution in [3.05, 3.63) is 34.3 Å². The summed E-state index contributed by atoms with van der Waals surface area (Å²) in [6.45, 7) is 4.91. The molecule has 2 nitrogen and oxygen atoms in total. The van der Waals surface area contributed by atoms with Crippen LogP contribution >= 0.6 is 15.9 Å². The molecule has 3 rings (SSSR count). The van der Waals surface area contributed by atoms with E-state index in [1.54, 1.807) is 0 Å². The minimum atomic E-state index is 0.837. The van der Waals surface area contributed by atoms with E-state index in [4.69, 9.17) is 0 Å². The van der Waals surface area contributed by atoms with Gasteiger partial charge in [0.25, 0.3) is 0 Å². The first kappa shape index (κ1) is 13.6. The van der Waals surface area contributed by atoms with Gasteiger partial charge < -0.3 is 4.90 Å². The highest BCUT2D eigenvalue weighted by Crippen LogP contribution is 2.30. The van der Waals surface area contributed by atoms with E-state index in [0.717, 1.165) is 18.5 Å². The Labute approximate surface area is 124 Å². The van der Waals surface area contributed by atoms with E-state index in [1.165, 1.54) is 48.9 Å². The number of halogens is 1. The van der Waals surface area contributed by atoms with Crippen LogP contribution in [-0.4, -0.2) is 42.5 Å². The van der Waals surface area contributed by atoms with Crippen molar-refractivity contribution in [2.45, 2.75) is 31.8 Å². The van der Waals surface area contributed by atoms with Gasteiger partial charge in [-0.05, 0) is 56.9 Å². The molecule has 0 saturated carbocycles. The van der Waals surface area contributed by atoms with Gasteiger partial charge >= 0.3 is 0 Å². The summed E-state index contributed by atoms with van der Waals surface area (Å²) in [6, 6.07) is 9.46. The van der Waals surface area contributed by atoms with Gasteiger partial charge in [0.2, 0.25) is 0 Å². The summed E-state index contributed by atoms with van der Waals surface area (Å²) in [5.74, 6) is 0.884. The maximum absolute atomic E-state index is 3.67. The van der Waals surface area contributed by atoms with E-state index in [2.05, 4.69) is 57.0 Å². The Morgan fingerprint density at radius 1 is 1.21 bits per heavy atom. The Kier molecular flexibility index (Phi) is 4.25. The van der Waals surface area contributed by atoms with Gasteiger partial charge in [0.05, 0.1) is 0 Å². The molecule has 0 amide bonds.